The maximum absolute atomic E-state index is 12.2. The first-order valence-corrected chi connectivity index (χ1v) is 7.28. The highest BCUT2D eigenvalue weighted by atomic mass is 16.5. The molecular formula is C16H17NO4. The number of carbonyl (C=O) groups excluding carboxylic acids is 3. The van der Waals surface area contributed by atoms with Gasteiger partial charge in [-0.2, -0.15) is 0 Å². The van der Waals surface area contributed by atoms with Crippen LogP contribution in [0.5, 0.6) is 5.75 Å². The van der Waals surface area contributed by atoms with Crippen molar-refractivity contribution in [2.75, 3.05) is 6.54 Å². The number of likely N-dealkylation sites (tertiary alicyclic amines) is 1. The van der Waals surface area contributed by atoms with E-state index in [4.69, 9.17) is 4.74 Å². The summed E-state index contributed by atoms with van der Waals surface area (Å²) in [6.45, 7) is -0.292. The van der Waals surface area contributed by atoms with Gasteiger partial charge < -0.3 is 4.74 Å². The number of rotatable bonds is 3. The van der Waals surface area contributed by atoms with Gasteiger partial charge in [-0.05, 0) is 25.0 Å². The van der Waals surface area contributed by atoms with Crippen LogP contribution in [0.1, 0.15) is 25.7 Å². The molecule has 2 amide bonds. The number of carbonyl (C=O) groups is 3. The summed E-state index contributed by atoms with van der Waals surface area (Å²) in [5, 5.41) is 0. The zero-order chi connectivity index (χ0) is 14.8. The van der Waals surface area contributed by atoms with Gasteiger partial charge in [-0.25, -0.2) is 4.79 Å². The molecule has 1 aliphatic carbocycles. The van der Waals surface area contributed by atoms with Crippen molar-refractivity contribution in [1.82, 2.24) is 4.90 Å². The Morgan fingerprint density at radius 3 is 2.19 bits per heavy atom. The topological polar surface area (TPSA) is 63.7 Å². The van der Waals surface area contributed by atoms with E-state index in [1.54, 1.807) is 24.3 Å². The fourth-order valence-electron chi connectivity index (χ4n) is 3.17. The van der Waals surface area contributed by atoms with Gasteiger partial charge in [0.1, 0.15) is 12.3 Å². The molecule has 110 valence electrons. The van der Waals surface area contributed by atoms with Gasteiger partial charge in [-0.3, -0.25) is 14.5 Å². The molecule has 2 fully saturated rings. The van der Waals surface area contributed by atoms with Crippen LogP contribution in [0.25, 0.3) is 0 Å². The average molecular weight is 287 g/mol. The van der Waals surface area contributed by atoms with Gasteiger partial charge in [0.15, 0.2) is 0 Å². The normalized spacial score (nSPS) is 24.9. The molecule has 2 atom stereocenters. The maximum Gasteiger partial charge on any atom is 0.331 e. The summed E-state index contributed by atoms with van der Waals surface area (Å²) in [5.41, 5.74) is 0. The molecule has 0 unspecified atom stereocenters. The number of nitrogens with zero attached hydrogens (tertiary/aromatic N) is 1. The number of ether oxygens (including phenoxy) is 1. The average Bonchev–Trinajstić information content (AvgIpc) is 2.74. The minimum absolute atomic E-state index is 0.213. The third-order valence-corrected chi connectivity index (χ3v) is 4.19. The van der Waals surface area contributed by atoms with Gasteiger partial charge in [0, 0.05) is 0 Å². The van der Waals surface area contributed by atoms with Crippen molar-refractivity contribution < 1.29 is 19.1 Å². The first-order valence-electron chi connectivity index (χ1n) is 7.28. The molecule has 0 spiro atoms. The molecule has 0 N–H and O–H groups in total. The summed E-state index contributed by atoms with van der Waals surface area (Å²) in [7, 11) is 0. The van der Waals surface area contributed by atoms with Gasteiger partial charge in [0.25, 0.3) is 0 Å². The van der Waals surface area contributed by atoms with Crippen molar-refractivity contribution in [3.63, 3.8) is 0 Å². The summed E-state index contributed by atoms with van der Waals surface area (Å²) in [5.74, 6) is -1.04. The summed E-state index contributed by atoms with van der Waals surface area (Å²) in [4.78, 5) is 37.4. The second-order valence-electron chi connectivity index (χ2n) is 5.55. The standard InChI is InChI=1S/C16H17NO4/c18-14(21-11-6-2-1-3-7-11)10-17-15(19)12-8-4-5-9-13(12)16(17)20/h1-3,6-7,12-13H,4-5,8-10H2/t12-,13-/m0/s1. The van der Waals surface area contributed by atoms with Crippen molar-refractivity contribution in [2.24, 2.45) is 11.8 Å². The first kappa shape index (κ1) is 13.8. The number of amides is 2. The van der Waals surface area contributed by atoms with Crippen LogP contribution in [0.3, 0.4) is 0 Å². The zero-order valence-corrected chi connectivity index (χ0v) is 11.7. The van der Waals surface area contributed by atoms with E-state index in [1.807, 2.05) is 6.07 Å². The lowest BCUT2D eigenvalue weighted by molar-refractivity contribution is -0.148. The molecule has 21 heavy (non-hydrogen) atoms. The highest BCUT2D eigenvalue weighted by molar-refractivity contribution is 6.07. The summed E-state index contributed by atoms with van der Waals surface area (Å²) in [6, 6.07) is 8.64. The number of imide groups is 1. The van der Waals surface area contributed by atoms with E-state index < -0.39 is 5.97 Å². The van der Waals surface area contributed by atoms with E-state index in [0.717, 1.165) is 30.6 Å². The minimum Gasteiger partial charge on any atom is -0.425 e. The molecule has 5 heteroatoms. The maximum atomic E-state index is 12.2. The molecule has 0 radical (unpaired) electrons. The fourth-order valence-corrected chi connectivity index (χ4v) is 3.17. The monoisotopic (exact) mass is 287 g/mol. The lowest BCUT2D eigenvalue weighted by Crippen LogP contribution is -2.37. The second-order valence-corrected chi connectivity index (χ2v) is 5.55. The van der Waals surface area contributed by atoms with Crippen LogP contribution in [-0.2, 0) is 14.4 Å². The summed E-state index contributed by atoms with van der Waals surface area (Å²) in [6.07, 6.45) is 3.45. The Hall–Kier alpha value is -2.17. The Labute approximate surface area is 122 Å². The molecule has 1 saturated carbocycles. The number of hydrogen-bond donors (Lipinski definition) is 0. The van der Waals surface area contributed by atoms with Crippen LogP contribution < -0.4 is 4.74 Å². The van der Waals surface area contributed by atoms with E-state index in [1.165, 1.54) is 0 Å². The molecule has 1 aliphatic heterocycles. The number of para-hydroxylation sites is 1. The lowest BCUT2D eigenvalue weighted by atomic mass is 9.81. The van der Waals surface area contributed by atoms with Crippen molar-refractivity contribution in [2.45, 2.75) is 25.7 Å². The van der Waals surface area contributed by atoms with Gasteiger partial charge in [0.2, 0.25) is 11.8 Å². The number of esters is 1. The van der Waals surface area contributed by atoms with Crippen LogP contribution in [0, 0.1) is 11.8 Å². The van der Waals surface area contributed by atoms with Crippen LogP contribution >= 0.6 is 0 Å². The number of hydrogen-bond acceptors (Lipinski definition) is 4. The highest BCUT2D eigenvalue weighted by Gasteiger charge is 2.48. The van der Waals surface area contributed by atoms with Gasteiger partial charge in [-0.1, -0.05) is 31.0 Å². The first-order chi connectivity index (χ1) is 10.2. The van der Waals surface area contributed by atoms with Crippen molar-refractivity contribution in [3.8, 4) is 5.75 Å². The van der Waals surface area contributed by atoms with E-state index >= 15 is 0 Å². The van der Waals surface area contributed by atoms with Crippen molar-refractivity contribution in [1.29, 1.82) is 0 Å². The third-order valence-electron chi connectivity index (χ3n) is 4.19. The smallest absolute Gasteiger partial charge is 0.331 e. The van der Waals surface area contributed by atoms with Gasteiger partial charge in [-0.15, -0.1) is 0 Å². The van der Waals surface area contributed by atoms with E-state index in [9.17, 15) is 14.4 Å². The van der Waals surface area contributed by atoms with Crippen molar-refractivity contribution >= 4 is 17.8 Å². The predicted octanol–water partition coefficient (Wildman–Crippen LogP) is 1.77. The summed E-state index contributed by atoms with van der Waals surface area (Å²) < 4.78 is 5.14. The predicted molar refractivity (Wildman–Crippen MR) is 74.2 cm³/mol. The highest BCUT2D eigenvalue weighted by Crippen LogP contribution is 2.37. The van der Waals surface area contributed by atoms with Gasteiger partial charge in [0.05, 0.1) is 11.8 Å². The van der Waals surface area contributed by atoms with Crippen LogP contribution in [0.15, 0.2) is 30.3 Å². The number of benzene rings is 1. The van der Waals surface area contributed by atoms with Crippen molar-refractivity contribution in [3.05, 3.63) is 30.3 Å². The van der Waals surface area contributed by atoms with Crippen LogP contribution in [0.4, 0.5) is 0 Å². The van der Waals surface area contributed by atoms with E-state index in [-0.39, 0.29) is 30.2 Å². The largest absolute Gasteiger partial charge is 0.425 e. The van der Waals surface area contributed by atoms with Crippen LogP contribution in [-0.4, -0.2) is 29.2 Å². The quantitative estimate of drug-likeness (QED) is 0.483. The molecule has 0 bridgehead atoms. The van der Waals surface area contributed by atoms with Gasteiger partial charge >= 0.3 is 5.97 Å². The molecule has 3 rings (SSSR count). The lowest BCUT2D eigenvalue weighted by Gasteiger charge is -2.19. The molecule has 1 aromatic carbocycles. The Bertz CT molecular complexity index is 545. The molecular weight excluding hydrogens is 270 g/mol. The van der Waals surface area contributed by atoms with E-state index in [2.05, 4.69) is 0 Å². The third kappa shape index (κ3) is 2.68. The van der Waals surface area contributed by atoms with Crippen LogP contribution in [0.2, 0.25) is 0 Å². The second kappa shape index (κ2) is 5.68. The molecule has 5 nitrogen and oxygen atoms in total. The Morgan fingerprint density at radius 1 is 1.05 bits per heavy atom. The summed E-state index contributed by atoms with van der Waals surface area (Å²) >= 11 is 0. The Kier molecular flexibility index (Phi) is 3.73. The Balaban J connectivity index is 1.66. The molecule has 1 saturated heterocycles. The number of fused-ring (bicyclic) bond motifs is 1. The molecule has 1 aromatic rings. The van der Waals surface area contributed by atoms with E-state index in [0.29, 0.717) is 5.75 Å². The molecule has 1 heterocycles. The molecule has 2 aliphatic rings. The Morgan fingerprint density at radius 2 is 1.62 bits per heavy atom. The minimum atomic E-state index is -0.582. The zero-order valence-electron chi connectivity index (χ0n) is 11.7. The molecule has 0 aromatic heterocycles. The fraction of sp³-hybridized carbons (Fsp3) is 0.438. The SMILES string of the molecule is O=C(CN1C(=O)[C@H]2CCCC[C@@H]2C1=O)Oc1ccccc1.